The zero-order valence-electron chi connectivity index (χ0n) is 17.9. The Morgan fingerprint density at radius 3 is 2.38 bits per heavy atom. The Morgan fingerprint density at radius 2 is 1.69 bits per heavy atom. The van der Waals surface area contributed by atoms with E-state index in [9.17, 15) is 17.6 Å². The highest BCUT2D eigenvalue weighted by molar-refractivity contribution is 7.92. The smallest absolute Gasteiger partial charge is 0.264 e. The SMILES string of the molecule is CCN(c1ccccc1)S(=O)(=O)c1cc(-c2oc3ccc(F)cc3c(=O)c2C)ccc1C. The molecule has 4 rings (SSSR count). The number of anilines is 1. The number of nitrogens with zero attached hydrogens (tertiary/aromatic N) is 1. The van der Waals surface area contributed by atoms with Crippen molar-refractivity contribution in [3.05, 3.63) is 93.9 Å². The summed E-state index contributed by atoms with van der Waals surface area (Å²) in [5, 5.41) is 0.146. The van der Waals surface area contributed by atoms with E-state index in [2.05, 4.69) is 0 Å². The van der Waals surface area contributed by atoms with Crippen LogP contribution in [0.15, 0.2) is 80.8 Å². The van der Waals surface area contributed by atoms with Crippen LogP contribution in [0.25, 0.3) is 22.3 Å². The lowest BCUT2D eigenvalue weighted by molar-refractivity contribution is 0.591. The number of hydrogen-bond donors (Lipinski definition) is 0. The van der Waals surface area contributed by atoms with Crippen molar-refractivity contribution in [1.82, 2.24) is 0 Å². The van der Waals surface area contributed by atoms with Gasteiger partial charge in [0.15, 0.2) is 5.43 Å². The molecule has 0 unspecified atom stereocenters. The molecule has 0 radical (unpaired) electrons. The first-order valence-corrected chi connectivity index (χ1v) is 11.6. The van der Waals surface area contributed by atoms with Gasteiger partial charge in [0, 0.05) is 17.7 Å². The highest BCUT2D eigenvalue weighted by atomic mass is 32.2. The minimum absolute atomic E-state index is 0.127. The molecule has 164 valence electrons. The second-order valence-electron chi connectivity index (χ2n) is 7.51. The third kappa shape index (κ3) is 3.69. The van der Waals surface area contributed by atoms with Gasteiger partial charge in [0.25, 0.3) is 10.0 Å². The molecule has 0 fully saturated rings. The predicted octanol–water partition coefficient (Wildman–Crippen LogP) is 5.43. The summed E-state index contributed by atoms with van der Waals surface area (Å²) in [6, 6.07) is 17.6. The predicted molar refractivity (Wildman–Crippen MR) is 124 cm³/mol. The average Bonchev–Trinajstić information content (AvgIpc) is 2.78. The second kappa shape index (κ2) is 8.24. The van der Waals surface area contributed by atoms with Crippen LogP contribution in [0, 0.1) is 19.7 Å². The van der Waals surface area contributed by atoms with Crippen molar-refractivity contribution in [2.24, 2.45) is 0 Å². The van der Waals surface area contributed by atoms with Gasteiger partial charge in [0.05, 0.1) is 16.0 Å². The zero-order valence-corrected chi connectivity index (χ0v) is 18.7. The van der Waals surface area contributed by atoms with Gasteiger partial charge in [-0.2, -0.15) is 0 Å². The lowest BCUT2D eigenvalue weighted by Gasteiger charge is -2.24. The van der Waals surface area contributed by atoms with Crippen LogP contribution in [-0.4, -0.2) is 15.0 Å². The van der Waals surface area contributed by atoms with Crippen molar-refractivity contribution >= 4 is 26.7 Å². The molecule has 3 aromatic carbocycles. The van der Waals surface area contributed by atoms with Gasteiger partial charge in [-0.05, 0) is 62.7 Å². The van der Waals surface area contributed by atoms with E-state index in [1.165, 1.54) is 22.5 Å². The molecule has 7 heteroatoms. The molecule has 0 aliphatic heterocycles. The number of para-hydroxylation sites is 1. The first-order chi connectivity index (χ1) is 15.2. The van der Waals surface area contributed by atoms with Crippen LogP contribution in [0.2, 0.25) is 0 Å². The normalized spacial score (nSPS) is 11.6. The van der Waals surface area contributed by atoms with Crippen molar-refractivity contribution in [3.8, 4) is 11.3 Å². The van der Waals surface area contributed by atoms with Crippen LogP contribution in [-0.2, 0) is 10.0 Å². The van der Waals surface area contributed by atoms with E-state index in [1.54, 1.807) is 57.2 Å². The lowest BCUT2D eigenvalue weighted by Crippen LogP contribution is -2.31. The number of sulfonamides is 1. The van der Waals surface area contributed by atoms with E-state index < -0.39 is 15.8 Å². The number of aryl methyl sites for hydroxylation is 1. The summed E-state index contributed by atoms with van der Waals surface area (Å²) in [5.41, 5.74) is 1.76. The average molecular weight is 452 g/mol. The van der Waals surface area contributed by atoms with Crippen molar-refractivity contribution in [2.75, 3.05) is 10.8 Å². The molecule has 0 atom stereocenters. The standard InChI is InChI=1S/C25H22FNO4S/c1-4-27(20-8-6-5-7-9-20)32(29,30)23-14-18(11-10-16(23)2)25-17(3)24(28)21-15-19(26)12-13-22(21)31-25/h5-15H,4H2,1-3H3. The first-order valence-electron chi connectivity index (χ1n) is 10.2. The Labute approximate surface area is 185 Å². The maximum Gasteiger partial charge on any atom is 0.264 e. The summed E-state index contributed by atoms with van der Waals surface area (Å²) < 4.78 is 48.0. The molecule has 1 aromatic heterocycles. The van der Waals surface area contributed by atoms with Gasteiger partial charge >= 0.3 is 0 Å². The van der Waals surface area contributed by atoms with Gasteiger partial charge in [-0.25, -0.2) is 12.8 Å². The lowest BCUT2D eigenvalue weighted by atomic mass is 10.0. The molecule has 0 bridgehead atoms. The first kappa shape index (κ1) is 21.8. The van der Waals surface area contributed by atoms with Gasteiger partial charge in [0.2, 0.25) is 0 Å². The summed E-state index contributed by atoms with van der Waals surface area (Å²) in [5.74, 6) is -0.269. The quantitative estimate of drug-likeness (QED) is 0.406. The molecule has 32 heavy (non-hydrogen) atoms. The molecule has 0 amide bonds. The number of benzene rings is 3. The number of halogens is 1. The van der Waals surface area contributed by atoms with Gasteiger partial charge in [-0.15, -0.1) is 0 Å². The summed E-state index contributed by atoms with van der Waals surface area (Å²) in [7, 11) is -3.87. The van der Waals surface area contributed by atoms with Crippen molar-refractivity contribution in [1.29, 1.82) is 0 Å². The fourth-order valence-electron chi connectivity index (χ4n) is 3.76. The molecule has 0 saturated carbocycles. The number of hydrogen-bond acceptors (Lipinski definition) is 4. The summed E-state index contributed by atoms with van der Waals surface area (Å²) in [6.45, 7) is 5.34. The molecule has 5 nitrogen and oxygen atoms in total. The molecule has 0 aliphatic rings. The second-order valence-corrected chi connectivity index (χ2v) is 9.34. The molecular formula is C25H22FNO4S. The molecule has 1 heterocycles. The zero-order chi connectivity index (χ0) is 23.0. The molecular weight excluding hydrogens is 429 g/mol. The largest absolute Gasteiger partial charge is 0.456 e. The minimum atomic E-state index is -3.87. The molecule has 0 saturated heterocycles. The Morgan fingerprint density at radius 1 is 0.969 bits per heavy atom. The highest BCUT2D eigenvalue weighted by Gasteiger charge is 2.26. The maximum absolute atomic E-state index is 13.6. The molecule has 0 N–H and O–H groups in total. The van der Waals surface area contributed by atoms with Crippen LogP contribution in [0.4, 0.5) is 10.1 Å². The van der Waals surface area contributed by atoms with Crippen LogP contribution < -0.4 is 9.73 Å². The Balaban J connectivity index is 1.90. The number of rotatable bonds is 5. The van der Waals surface area contributed by atoms with E-state index in [1.807, 2.05) is 6.07 Å². The third-order valence-electron chi connectivity index (χ3n) is 5.43. The Bertz CT molecular complexity index is 1480. The molecule has 4 aromatic rings. The summed E-state index contributed by atoms with van der Waals surface area (Å²) in [6.07, 6.45) is 0. The van der Waals surface area contributed by atoms with Crippen LogP contribution in [0.1, 0.15) is 18.1 Å². The molecule has 0 aliphatic carbocycles. The highest BCUT2D eigenvalue weighted by Crippen LogP contribution is 2.31. The fraction of sp³-hybridized carbons (Fsp3) is 0.160. The van der Waals surface area contributed by atoms with Crippen LogP contribution >= 0.6 is 0 Å². The van der Waals surface area contributed by atoms with Gasteiger partial charge in [-0.3, -0.25) is 9.10 Å². The van der Waals surface area contributed by atoms with Crippen LogP contribution in [0.5, 0.6) is 0 Å². The molecule has 0 spiro atoms. The third-order valence-corrected chi connectivity index (χ3v) is 7.47. The van der Waals surface area contributed by atoms with Crippen molar-refractivity contribution < 1.29 is 17.2 Å². The fourth-order valence-corrected chi connectivity index (χ4v) is 5.49. The minimum Gasteiger partial charge on any atom is -0.456 e. The number of fused-ring (bicyclic) bond motifs is 1. The van der Waals surface area contributed by atoms with E-state index >= 15 is 0 Å². The van der Waals surface area contributed by atoms with Gasteiger partial charge in [0.1, 0.15) is 17.2 Å². The summed E-state index contributed by atoms with van der Waals surface area (Å²) in [4.78, 5) is 12.9. The Kier molecular flexibility index (Phi) is 5.60. The van der Waals surface area contributed by atoms with E-state index in [-0.39, 0.29) is 39.2 Å². The van der Waals surface area contributed by atoms with Crippen molar-refractivity contribution in [3.63, 3.8) is 0 Å². The van der Waals surface area contributed by atoms with E-state index in [0.717, 1.165) is 6.07 Å². The van der Waals surface area contributed by atoms with Gasteiger partial charge < -0.3 is 4.42 Å². The van der Waals surface area contributed by atoms with Crippen molar-refractivity contribution in [2.45, 2.75) is 25.7 Å². The van der Waals surface area contributed by atoms with Crippen LogP contribution in [0.3, 0.4) is 0 Å². The van der Waals surface area contributed by atoms with E-state index in [4.69, 9.17) is 4.42 Å². The Hall–Kier alpha value is -3.45. The monoisotopic (exact) mass is 451 g/mol. The summed E-state index contributed by atoms with van der Waals surface area (Å²) >= 11 is 0. The van der Waals surface area contributed by atoms with Gasteiger partial charge in [-0.1, -0.05) is 30.3 Å². The maximum atomic E-state index is 13.6. The van der Waals surface area contributed by atoms with E-state index in [0.29, 0.717) is 16.8 Å². The topological polar surface area (TPSA) is 67.6 Å².